The molecule has 15 nitrogen and oxygen atoms in total. The van der Waals surface area contributed by atoms with Crippen LogP contribution >= 0.6 is 15.9 Å². The summed E-state index contributed by atoms with van der Waals surface area (Å²) in [6.45, 7) is 0.545. The number of aromatic amines is 1. The van der Waals surface area contributed by atoms with E-state index in [1.165, 1.54) is 12.1 Å². The zero-order chi connectivity index (χ0) is 47.5. The number of morpholine rings is 1. The minimum atomic E-state index is -5.19. The largest absolute Gasteiger partial charge is 0.542 e. The minimum absolute atomic E-state index is 0.0717. The van der Waals surface area contributed by atoms with Crippen LogP contribution in [0, 0.1) is 0 Å². The fourth-order valence-corrected chi connectivity index (χ4v) is 9.48. The number of alkyl halides is 3. The van der Waals surface area contributed by atoms with Gasteiger partial charge in [0.25, 0.3) is 0 Å². The topological polar surface area (TPSA) is 215 Å². The predicted octanol–water partition coefficient (Wildman–Crippen LogP) is 6.06. The number of aromatic hydroxyl groups is 1. The van der Waals surface area contributed by atoms with Gasteiger partial charge in [0, 0.05) is 65.5 Å². The van der Waals surface area contributed by atoms with E-state index in [4.69, 9.17) is 24.1 Å². The highest BCUT2D eigenvalue weighted by Crippen LogP contribution is 2.51. The molecular formula is C47H49BrF3N5O10. The molecule has 4 heterocycles. The third-order valence-electron chi connectivity index (χ3n) is 12.4. The van der Waals surface area contributed by atoms with Crippen LogP contribution in [0.3, 0.4) is 0 Å². The summed E-state index contributed by atoms with van der Waals surface area (Å²) in [6, 6.07) is 26.2. The van der Waals surface area contributed by atoms with Gasteiger partial charge in [-0.25, -0.2) is 4.79 Å². The molecule has 0 radical (unpaired) electrons. The normalized spacial score (nSPS) is 20.6. The molecule has 3 aliphatic rings. The number of phenols is 1. The van der Waals surface area contributed by atoms with Crippen molar-refractivity contribution in [1.29, 1.82) is 0 Å². The highest BCUT2D eigenvalue weighted by molar-refractivity contribution is 9.10. The Hall–Kier alpha value is -5.99. The van der Waals surface area contributed by atoms with Crippen LogP contribution in [-0.2, 0) is 32.0 Å². The number of carboxylic acid groups (broad SMARTS) is 1. The van der Waals surface area contributed by atoms with Crippen LogP contribution in [-0.4, -0.2) is 102 Å². The summed E-state index contributed by atoms with van der Waals surface area (Å²) in [5, 5.41) is 39.8. The number of carbonyl (C=O) groups is 3. The number of amides is 2. The number of aliphatic hydroxyl groups is 1. The average molecular weight is 981 g/mol. The van der Waals surface area contributed by atoms with E-state index in [-0.39, 0.29) is 54.0 Å². The Bertz CT molecular complexity index is 2650. The number of ether oxygens (including phenoxy) is 3. The number of nitrogens with zero attached hydrogens (tertiary/aromatic N) is 1. The van der Waals surface area contributed by atoms with Gasteiger partial charge in [0.15, 0.2) is 0 Å². The number of aryl methyl sites for hydroxylation is 1. The number of nitrogens with one attached hydrogen (secondary N) is 4. The first-order valence-corrected chi connectivity index (χ1v) is 22.0. The maximum absolute atomic E-state index is 13.2. The van der Waals surface area contributed by atoms with Gasteiger partial charge in [-0.1, -0.05) is 42.5 Å². The van der Waals surface area contributed by atoms with Crippen molar-refractivity contribution in [3.05, 3.63) is 116 Å². The second-order valence-electron chi connectivity index (χ2n) is 17.0. The Morgan fingerprint density at radius 1 is 0.970 bits per heavy atom. The molecule has 2 amide bonds. The standard InChI is InChI=1S/C45H48BrN5O8.C2HF3O2/c1-51(2)35-20-28(21-36(51)44-43(35)59-44)58-45(56)49-33-15-12-25(18-31(33)26-9-5-4-6-10-26)8-7-11-40(54)48-34-22-39(57-3)27(19-32(34)46)23-47-24-38(53)29-13-16-37(52)42-30(29)14-17-41(55)50-42;3-2(4,5)1(6)7/h4-6,9-10,12-19,22,28,35-36,38,43-44,47,53H,7-8,11,20-21,23-24H2,1-3H3,(H3-,48,49,50,52,54,55,56);(H,6,7)/t28-,35-,36+,38-,43-,44+;/m0./s1. The molecule has 0 spiro atoms. The van der Waals surface area contributed by atoms with Crippen LogP contribution in [0.4, 0.5) is 29.3 Å². The lowest BCUT2D eigenvalue weighted by Gasteiger charge is -2.45. The molecule has 350 valence electrons. The number of H-pyrrole nitrogens is 1. The van der Waals surface area contributed by atoms with Crippen molar-refractivity contribution in [2.75, 3.05) is 38.4 Å². The fourth-order valence-electron chi connectivity index (χ4n) is 8.99. The van der Waals surface area contributed by atoms with Gasteiger partial charge in [-0.2, -0.15) is 13.2 Å². The molecule has 0 unspecified atom stereocenters. The fraction of sp³-hybridized carbons (Fsp3) is 0.362. The number of fused-ring (bicyclic) bond motifs is 6. The third kappa shape index (κ3) is 11.0. The summed E-state index contributed by atoms with van der Waals surface area (Å²) >= 11 is 3.59. The molecule has 1 aromatic heterocycles. The summed E-state index contributed by atoms with van der Waals surface area (Å²) in [6.07, 6.45) is -3.01. The zero-order valence-electron chi connectivity index (χ0n) is 36.1. The minimum Gasteiger partial charge on any atom is -0.542 e. The highest BCUT2D eigenvalue weighted by Gasteiger charge is 2.70. The number of epoxide rings is 1. The van der Waals surface area contributed by atoms with E-state index in [1.54, 1.807) is 25.3 Å². The van der Waals surface area contributed by atoms with E-state index < -0.39 is 24.3 Å². The number of pyridine rings is 1. The van der Waals surface area contributed by atoms with Crippen LogP contribution < -0.4 is 31.4 Å². The van der Waals surface area contributed by atoms with Gasteiger partial charge in [0.1, 0.15) is 47.9 Å². The van der Waals surface area contributed by atoms with Crippen molar-refractivity contribution in [2.24, 2.45) is 0 Å². The van der Waals surface area contributed by atoms with Gasteiger partial charge in [-0.05, 0) is 75.8 Å². The third-order valence-corrected chi connectivity index (χ3v) is 13.0. The summed E-state index contributed by atoms with van der Waals surface area (Å²) in [7, 11) is 6.06. The Kier molecular flexibility index (Phi) is 14.4. The number of hydrogen-bond donors (Lipinski definition) is 6. The maximum atomic E-state index is 13.2. The van der Waals surface area contributed by atoms with Crippen molar-refractivity contribution >= 4 is 56.2 Å². The number of carbonyl (C=O) groups excluding carboxylic acids is 3. The Morgan fingerprint density at radius 3 is 2.33 bits per heavy atom. The SMILES string of the molecule is COc1cc(NC(=O)CCCc2ccc(NC(=O)O[C@@H]3C[C@@H]4[C@H]5O[C@H]5[C@H](C3)[N+]4(C)C)c(-c3ccccc3)c2)c(Br)cc1CNC[C@H](O)c1ccc(O)c2[nH]c(=O)ccc12.O=C([O-])C(F)(F)F. The molecule has 6 atom stereocenters. The number of aliphatic hydroxyl groups excluding tert-OH is 1. The quantitative estimate of drug-likeness (QED) is 0.0556. The van der Waals surface area contributed by atoms with Crippen LogP contribution in [0.5, 0.6) is 11.5 Å². The number of aromatic nitrogens is 1. The molecule has 3 fully saturated rings. The number of anilines is 2. The van der Waals surface area contributed by atoms with Crippen LogP contribution in [0.2, 0.25) is 0 Å². The molecule has 66 heavy (non-hydrogen) atoms. The number of piperidine rings is 1. The Labute approximate surface area is 385 Å². The highest BCUT2D eigenvalue weighted by atomic mass is 79.9. The number of rotatable bonds is 14. The van der Waals surface area contributed by atoms with Gasteiger partial charge < -0.3 is 54.4 Å². The van der Waals surface area contributed by atoms with E-state index >= 15 is 0 Å². The molecule has 0 aliphatic carbocycles. The number of methoxy groups -OCH3 is 1. The number of quaternary nitrogens is 1. The van der Waals surface area contributed by atoms with Crippen LogP contribution in [0.1, 0.15) is 48.5 Å². The first-order valence-electron chi connectivity index (χ1n) is 21.2. The lowest BCUT2D eigenvalue weighted by molar-refractivity contribution is -0.938. The van der Waals surface area contributed by atoms with E-state index in [0.29, 0.717) is 64.0 Å². The summed E-state index contributed by atoms with van der Waals surface area (Å²) in [5.41, 5.74) is 5.42. The van der Waals surface area contributed by atoms with Crippen LogP contribution in [0.15, 0.2) is 94.2 Å². The van der Waals surface area contributed by atoms with Gasteiger partial charge >= 0.3 is 12.3 Å². The lowest BCUT2D eigenvalue weighted by Crippen LogP contribution is -2.60. The van der Waals surface area contributed by atoms with E-state index in [1.807, 2.05) is 48.5 Å². The van der Waals surface area contributed by atoms with Gasteiger partial charge in [0.05, 0.1) is 44.2 Å². The molecule has 6 N–H and O–H groups in total. The number of likely N-dealkylation sites (N-methyl/N-ethyl adjacent to an activating group) is 1. The van der Waals surface area contributed by atoms with E-state index in [2.05, 4.69) is 57.0 Å². The summed E-state index contributed by atoms with van der Waals surface area (Å²) in [4.78, 5) is 49.6. The second-order valence-corrected chi connectivity index (χ2v) is 17.8. The average Bonchev–Trinajstić information content (AvgIpc) is 4.04. The second kappa shape index (κ2) is 19.9. The first kappa shape index (κ1) is 48.0. The Morgan fingerprint density at radius 2 is 1.67 bits per heavy atom. The van der Waals surface area contributed by atoms with Crippen molar-refractivity contribution in [2.45, 2.75) is 81.3 Å². The van der Waals surface area contributed by atoms with Crippen molar-refractivity contribution in [1.82, 2.24) is 10.3 Å². The number of aliphatic carboxylic acids is 1. The number of halogens is 4. The number of phenolic OH excluding ortho intramolecular Hbond substituents is 1. The molecule has 8 rings (SSSR count). The summed E-state index contributed by atoms with van der Waals surface area (Å²) in [5.74, 6) is -2.66. The molecule has 0 saturated carbocycles. The Balaban J connectivity index is 0.000000858. The molecular weight excluding hydrogens is 931 g/mol. The predicted molar refractivity (Wildman–Crippen MR) is 240 cm³/mol. The molecule has 5 aromatic rings. The van der Waals surface area contributed by atoms with Crippen LogP contribution in [0.25, 0.3) is 22.0 Å². The van der Waals surface area contributed by atoms with Gasteiger partial charge in [0.2, 0.25) is 11.5 Å². The van der Waals surface area contributed by atoms with Crippen molar-refractivity contribution in [3.63, 3.8) is 0 Å². The van der Waals surface area contributed by atoms with Gasteiger partial charge in [-0.3, -0.25) is 14.9 Å². The lowest BCUT2D eigenvalue weighted by atomic mass is 9.96. The van der Waals surface area contributed by atoms with E-state index in [0.717, 1.165) is 39.6 Å². The molecule has 4 aromatic carbocycles. The monoisotopic (exact) mass is 979 g/mol. The molecule has 19 heteroatoms. The molecule has 3 saturated heterocycles. The number of hydrogen-bond acceptors (Lipinski definition) is 11. The summed E-state index contributed by atoms with van der Waals surface area (Å²) < 4.78 is 50.7. The number of benzene rings is 4. The van der Waals surface area contributed by atoms with Crippen molar-refractivity contribution in [3.8, 4) is 22.6 Å². The van der Waals surface area contributed by atoms with Crippen molar-refractivity contribution < 1.29 is 61.6 Å². The first-order chi connectivity index (χ1) is 31.3. The smallest absolute Gasteiger partial charge is 0.430 e. The number of carboxylic acids is 1. The molecule has 3 aliphatic heterocycles. The zero-order valence-corrected chi connectivity index (χ0v) is 37.7. The molecule has 2 bridgehead atoms. The maximum Gasteiger partial charge on any atom is 0.430 e. The van der Waals surface area contributed by atoms with Gasteiger partial charge in [-0.15, -0.1) is 0 Å². The van der Waals surface area contributed by atoms with E-state index in [9.17, 15) is 37.8 Å².